The standard InChI is InChI=1S/C24H27N7O6S/c1-15-22(16(2)37-29-15)38(35,36)30-19(24(33)34)14-27-23(32)17-7-8-20-18(12-17)13-28-31(20)11-5-10-26-21-6-3-4-9-25-21/h3-4,6-9,12-13,19,30H,5,10-11,14H2,1-2H3,(H,25,26)(H,27,32)(H,33,34). The molecule has 0 spiro atoms. The average Bonchev–Trinajstić information content (AvgIpc) is 3.46. The Hall–Kier alpha value is -4.30. The van der Waals surface area contributed by atoms with E-state index < -0.39 is 34.5 Å². The van der Waals surface area contributed by atoms with Gasteiger partial charge in [-0.3, -0.25) is 14.3 Å². The minimum atomic E-state index is -4.24. The highest BCUT2D eigenvalue weighted by Crippen LogP contribution is 2.19. The van der Waals surface area contributed by atoms with Crippen LogP contribution in [0.4, 0.5) is 5.82 Å². The molecule has 1 aromatic carbocycles. The molecular weight excluding hydrogens is 514 g/mol. The van der Waals surface area contributed by atoms with Gasteiger partial charge in [0.1, 0.15) is 22.4 Å². The maximum Gasteiger partial charge on any atom is 0.323 e. The van der Waals surface area contributed by atoms with E-state index in [1.54, 1.807) is 30.6 Å². The van der Waals surface area contributed by atoms with E-state index in [4.69, 9.17) is 4.52 Å². The van der Waals surface area contributed by atoms with Crippen molar-refractivity contribution in [1.82, 2.24) is 30.0 Å². The van der Waals surface area contributed by atoms with Crippen molar-refractivity contribution in [3.63, 3.8) is 0 Å². The van der Waals surface area contributed by atoms with Gasteiger partial charge in [-0.2, -0.15) is 9.82 Å². The number of pyridine rings is 1. The minimum Gasteiger partial charge on any atom is -0.480 e. The lowest BCUT2D eigenvalue weighted by molar-refractivity contribution is -0.138. The lowest BCUT2D eigenvalue weighted by Crippen LogP contribution is -2.48. The summed E-state index contributed by atoms with van der Waals surface area (Å²) in [5, 5.41) is 24.0. The number of hydrogen-bond acceptors (Lipinski definition) is 9. The second-order valence-electron chi connectivity index (χ2n) is 8.51. The van der Waals surface area contributed by atoms with E-state index >= 15 is 0 Å². The molecule has 1 amide bonds. The first-order valence-electron chi connectivity index (χ1n) is 11.7. The van der Waals surface area contributed by atoms with E-state index in [0.717, 1.165) is 23.1 Å². The number of hydrogen-bond donors (Lipinski definition) is 4. The summed E-state index contributed by atoms with van der Waals surface area (Å²) in [5.74, 6) is -1.17. The Morgan fingerprint density at radius 1 is 1.18 bits per heavy atom. The van der Waals surface area contributed by atoms with Crippen LogP contribution in [0.5, 0.6) is 0 Å². The van der Waals surface area contributed by atoms with Crippen molar-refractivity contribution in [2.45, 2.75) is 37.8 Å². The summed E-state index contributed by atoms with van der Waals surface area (Å²) in [7, 11) is -4.24. The molecule has 0 aliphatic carbocycles. The third-order valence-electron chi connectivity index (χ3n) is 5.72. The van der Waals surface area contributed by atoms with Crippen molar-refractivity contribution in [2.24, 2.45) is 0 Å². The fourth-order valence-electron chi connectivity index (χ4n) is 3.90. The number of nitrogens with zero attached hydrogens (tertiary/aromatic N) is 4. The molecule has 0 aliphatic rings. The molecule has 0 fully saturated rings. The molecule has 0 aliphatic heterocycles. The highest BCUT2D eigenvalue weighted by molar-refractivity contribution is 7.89. The van der Waals surface area contributed by atoms with Gasteiger partial charge < -0.3 is 20.3 Å². The number of nitrogens with one attached hydrogen (secondary N) is 3. The van der Waals surface area contributed by atoms with Gasteiger partial charge in [0, 0.05) is 36.8 Å². The number of amides is 1. The lowest BCUT2D eigenvalue weighted by Gasteiger charge is -2.15. The van der Waals surface area contributed by atoms with E-state index in [0.29, 0.717) is 13.1 Å². The third-order valence-corrected chi connectivity index (χ3v) is 7.44. The second kappa shape index (κ2) is 11.4. The molecule has 1 atom stereocenters. The first kappa shape index (κ1) is 26.8. The Morgan fingerprint density at radius 3 is 2.68 bits per heavy atom. The van der Waals surface area contributed by atoms with Crippen LogP contribution in [0.15, 0.2) is 58.2 Å². The summed E-state index contributed by atoms with van der Waals surface area (Å²) in [6.45, 7) is 3.73. The van der Waals surface area contributed by atoms with Gasteiger partial charge >= 0.3 is 5.97 Å². The third kappa shape index (κ3) is 6.15. The molecule has 13 nitrogen and oxygen atoms in total. The molecule has 4 aromatic rings. The molecule has 200 valence electrons. The van der Waals surface area contributed by atoms with Gasteiger partial charge in [-0.25, -0.2) is 13.4 Å². The fraction of sp³-hybridized carbons (Fsp3) is 0.292. The van der Waals surface area contributed by atoms with Crippen molar-refractivity contribution in [2.75, 3.05) is 18.4 Å². The topological polar surface area (TPSA) is 181 Å². The van der Waals surface area contributed by atoms with Crippen LogP contribution >= 0.6 is 0 Å². The number of aliphatic carboxylic acids is 1. The van der Waals surface area contributed by atoms with Gasteiger partial charge in [-0.15, -0.1) is 0 Å². The Labute approximate surface area is 218 Å². The smallest absolute Gasteiger partial charge is 0.323 e. The molecule has 14 heteroatoms. The van der Waals surface area contributed by atoms with Crippen molar-refractivity contribution in [1.29, 1.82) is 0 Å². The Bertz CT molecular complexity index is 1530. The molecule has 0 saturated heterocycles. The van der Waals surface area contributed by atoms with Crippen LogP contribution in [0.25, 0.3) is 10.9 Å². The number of aryl methyl sites for hydroxylation is 3. The first-order chi connectivity index (χ1) is 18.2. The van der Waals surface area contributed by atoms with Crippen LogP contribution in [0.1, 0.15) is 28.2 Å². The number of fused-ring (bicyclic) bond motifs is 1. The van der Waals surface area contributed by atoms with Gasteiger partial charge in [-0.1, -0.05) is 11.2 Å². The van der Waals surface area contributed by atoms with Crippen molar-refractivity contribution >= 4 is 38.6 Å². The zero-order valence-electron chi connectivity index (χ0n) is 20.7. The number of anilines is 1. The Morgan fingerprint density at radius 2 is 2.00 bits per heavy atom. The number of benzene rings is 1. The van der Waals surface area contributed by atoms with Crippen LogP contribution in [-0.4, -0.2) is 64.5 Å². The van der Waals surface area contributed by atoms with Crippen LogP contribution in [-0.2, 0) is 21.4 Å². The van der Waals surface area contributed by atoms with E-state index in [-0.39, 0.29) is 21.9 Å². The number of sulfonamides is 1. The predicted octanol–water partition coefficient (Wildman–Crippen LogP) is 1.70. The van der Waals surface area contributed by atoms with Crippen LogP contribution in [0.2, 0.25) is 0 Å². The maximum absolute atomic E-state index is 12.7. The van der Waals surface area contributed by atoms with E-state index in [2.05, 4.69) is 30.6 Å². The number of aromatic nitrogens is 4. The summed E-state index contributed by atoms with van der Waals surface area (Å²) in [5.41, 5.74) is 1.23. The van der Waals surface area contributed by atoms with Crippen LogP contribution in [0.3, 0.4) is 0 Å². The molecular formula is C24H27N7O6S. The molecule has 3 heterocycles. The summed E-state index contributed by atoms with van der Waals surface area (Å²) in [4.78, 5) is 28.4. The number of rotatable bonds is 12. The quantitative estimate of drug-likeness (QED) is 0.193. The zero-order valence-corrected chi connectivity index (χ0v) is 21.5. The highest BCUT2D eigenvalue weighted by atomic mass is 32.2. The van der Waals surface area contributed by atoms with E-state index in [1.165, 1.54) is 13.8 Å². The largest absolute Gasteiger partial charge is 0.480 e. The Balaban J connectivity index is 1.35. The van der Waals surface area contributed by atoms with E-state index in [9.17, 15) is 23.1 Å². The number of carboxylic acid groups (broad SMARTS) is 1. The SMILES string of the molecule is Cc1noc(C)c1S(=O)(=O)NC(CNC(=O)c1ccc2c(cnn2CCCNc2ccccn2)c1)C(=O)O. The van der Waals surface area contributed by atoms with Gasteiger partial charge in [0.05, 0.1) is 11.7 Å². The average molecular weight is 542 g/mol. The predicted molar refractivity (Wildman–Crippen MR) is 137 cm³/mol. The molecule has 1 unspecified atom stereocenters. The number of carbonyl (C=O) groups excluding carboxylic acids is 1. The molecule has 4 N–H and O–H groups in total. The summed E-state index contributed by atoms with van der Waals surface area (Å²) >= 11 is 0. The second-order valence-corrected chi connectivity index (χ2v) is 10.2. The molecule has 0 saturated carbocycles. The van der Waals surface area contributed by atoms with Gasteiger partial charge in [0.2, 0.25) is 10.0 Å². The number of carboxylic acids is 1. The molecule has 0 radical (unpaired) electrons. The highest BCUT2D eigenvalue weighted by Gasteiger charge is 2.30. The fourth-order valence-corrected chi connectivity index (χ4v) is 5.42. The summed E-state index contributed by atoms with van der Waals surface area (Å²) in [6, 6.07) is 9.05. The van der Waals surface area contributed by atoms with Gasteiger partial charge in [0.25, 0.3) is 5.91 Å². The lowest BCUT2D eigenvalue weighted by atomic mass is 10.1. The first-order valence-corrected chi connectivity index (χ1v) is 13.2. The Kier molecular flexibility index (Phi) is 8.02. The van der Waals surface area contributed by atoms with E-state index in [1.807, 2.05) is 22.9 Å². The summed E-state index contributed by atoms with van der Waals surface area (Å²) in [6.07, 6.45) is 4.17. The minimum absolute atomic E-state index is 0.0292. The van der Waals surface area contributed by atoms with Crippen LogP contribution < -0.4 is 15.4 Å². The maximum atomic E-state index is 12.7. The van der Waals surface area contributed by atoms with Crippen molar-refractivity contribution in [3.05, 3.63) is 65.8 Å². The van der Waals surface area contributed by atoms with Gasteiger partial charge in [-0.05, 0) is 50.6 Å². The summed E-state index contributed by atoms with van der Waals surface area (Å²) < 4.78 is 34.1. The monoisotopic (exact) mass is 541 g/mol. The molecule has 3 aromatic heterocycles. The van der Waals surface area contributed by atoms with Crippen LogP contribution in [0, 0.1) is 13.8 Å². The normalized spacial score (nSPS) is 12.4. The van der Waals surface area contributed by atoms with Crippen molar-refractivity contribution in [3.8, 4) is 0 Å². The molecule has 4 rings (SSSR count). The molecule has 0 bridgehead atoms. The van der Waals surface area contributed by atoms with Crippen molar-refractivity contribution < 1.29 is 27.6 Å². The number of carbonyl (C=O) groups is 2. The van der Waals surface area contributed by atoms with Gasteiger partial charge in [0.15, 0.2) is 5.76 Å². The molecule has 38 heavy (non-hydrogen) atoms. The zero-order chi connectivity index (χ0) is 27.3.